The second kappa shape index (κ2) is 11.9. The van der Waals surface area contributed by atoms with Crippen molar-refractivity contribution in [2.45, 2.75) is 37.8 Å². The number of amides is 1. The number of halogens is 2. The van der Waals surface area contributed by atoms with E-state index in [9.17, 15) is 13.2 Å². The van der Waals surface area contributed by atoms with Gasteiger partial charge in [0, 0.05) is 32.7 Å². The molecule has 1 aromatic carbocycles. The fourth-order valence-corrected chi connectivity index (χ4v) is 4.64. The van der Waals surface area contributed by atoms with Crippen molar-refractivity contribution < 1.29 is 13.2 Å². The largest absolute Gasteiger partial charge is 0.351 e. The standard InChI is InChI=1S/C18H30N4O3S.2ClH/c1-14(2)12-16(19)18(23)20-13-15-6-4-5-7-17(15)26(24,25)22-10-8-21(3)9-11-22;;/h4-7,14,16H,8-13,19H2,1-3H3,(H,20,23);2*1H/t16-;;/m0../s1. The van der Waals surface area contributed by atoms with Crippen molar-refractivity contribution in [3.63, 3.8) is 0 Å². The van der Waals surface area contributed by atoms with E-state index in [1.807, 2.05) is 20.9 Å². The lowest BCUT2D eigenvalue weighted by Gasteiger charge is -2.32. The smallest absolute Gasteiger partial charge is 0.243 e. The van der Waals surface area contributed by atoms with Crippen LogP contribution in [0.25, 0.3) is 0 Å². The highest BCUT2D eigenvalue weighted by Crippen LogP contribution is 2.21. The first-order valence-electron chi connectivity index (χ1n) is 9.01. The highest BCUT2D eigenvalue weighted by atomic mass is 35.5. The summed E-state index contributed by atoms with van der Waals surface area (Å²) in [5.74, 6) is 0.0612. The Hall–Kier alpha value is -0.900. The van der Waals surface area contributed by atoms with E-state index in [-0.39, 0.29) is 42.2 Å². The Morgan fingerprint density at radius 1 is 1.14 bits per heavy atom. The summed E-state index contributed by atoms with van der Waals surface area (Å²) < 4.78 is 27.5. The summed E-state index contributed by atoms with van der Waals surface area (Å²) in [6, 6.07) is 6.23. The number of hydrogen-bond donors (Lipinski definition) is 2. The molecule has 3 N–H and O–H groups in total. The van der Waals surface area contributed by atoms with Crippen LogP contribution in [-0.4, -0.2) is 62.8 Å². The van der Waals surface area contributed by atoms with Crippen molar-refractivity contribution >= 4 is 40.7 Å². The molecular formula is C18H32Cl2N4O3S. The van der Waals surface area contributed by atoms with Gasteiger partial charge in [0.1, 0.15) is 0 Å². The van der Waals surface area contributed by atoms with Gasteiger partial charge in [-0.05, 0) is 31.0 Å². The second-order valence-corrected chi connectivity index (χ2v) is 9.18. The van der Waals surface area contributed by atoms with Gasteiger partial charge in [-0.25, -0.2) is 8.42 Å². The van der Waals surface area contributed by atoms with Gasteiger partial charge in [-0.3, -0.25) is 4.79 Å². The molecule has 2 rings (SSSR count). The molecular weight excluding hydrogens is 423 g/mol. The van der Waals surface area contributed by atoms with E-state index in [0.717, 1.165) is 0 Å². The van der Waals surface area contributed by atoms with Gasteiger partial charge in [-0.15, -0.1) is 24.8 Å². The topological polar surface area (TPSA) is 95.7 Å². The SMILES string of the molecule is CC(C)C[C@H](N)C(=O)NCc1ccccc1S(=O)(=O)N1CCN(C)CC1.Cl.Cl. The summed E-state index contributed by atoms with van der Waals surface area (Å²) in [7, 11) is -1.60. The fraction of sp³-hybridized carbons (Fsp3) is 0.611. The molecule has 1 atom stereocenters. The zero-order valence-electron chi connectivity index (χ0n) is 16.6. The molecule has 0 aliphatic carbocycles. The Morgan fingerprint density at radius 2 is 1.71 bits per heavy atom. The summed E-state index contributed by atoms with van der Waals surface area (Å²) in [6.45, 7) is 6.52. The maximum atomic E-state index is 13.0. The average molecular weight is 455 g/mol. The first-order valence-corrected chi connectivity index (χ1v) is 10.5. The lowest BCUT2D eigenvalue weighted by Crippen LogP contribution is -2.47. The number of nitrogens with two attached hydrogens (primary N) is 1. The number of hydrogen-bond acceptors (Lipinski definition) is 5. The van der Waals surface area contributed by atoms with E-state index < -0.39 is 16.1 Å². The van der Waals surface area contributed by atoms with Crippen molar-refractivity contribution in [1.82, 2.24) is 14.5 Å². The quantitative estimate of drug-likeness (QED) is 0.649. The van der Waals surface area contributed by atoms with E-state index in [2.05, 4.69) is 10.2 Å². The Labute approximate surface area is 180 Å². The molecule has 0 aromatic heterocycles. The van der Waals surface area contributed by atoms with Gasteiger partial charge < -0.3 is 16.0 Å². The average Bonchev–Trinajstić information content (AvgIpc) is 2.59. The van der Waals surface area contributed by atoms with Crippen molar-refractivity contribution in [2.24, 2.45) is 11.7 Å². The number of carbonyl (C=O) groups is 1. The molecule has 1 amide bonds. The molecule has 1 fully saturated rings. The molecule has 10 heteroatoms. The van der Waals surface area contributed by atoms with Crippen LogP contribution in [0, 0.1) is 5.92 Å². The lowest BCUT2D eigenvalue weighted by molar-refractivity contribution is -0.122. The van der Waals surface area contributed by atoms with Crippen LogP contribution in [0.15, 0.2) is 29.2 Å². The molecule has 1 aliphatic rings. The van der Waals surface area contributed by atoms with Crippen LogP contribution < -0.4 is 11.1 Å². The van der Waals surface area contributed by atoms with Gasteiger partial charge in [0.2, 0.25) is 15.9 Å². The van der Waals surface area contributed by atoms with Crippen LogP contribution in [0.4, 0.5) is 0 Å². The number of rotatable bonds is 7. The third kappa shape index (κ3) is 7.17. The molecule has 0 bridgehead atoms. The monoisotopic (exact) mass is 454 g/mol. The van der Waals surface area contributed by atoms with Crippen molar-refractivity contribution in [2.75, 3.05) is 33.2 Å². The van der Waals surface area contributed by atoms with Gasteiger partial charge in [-0.1, -0.05) is 32.0 Å². The summed E-state index contributed by atoms with van der Waals surface area (Å²) in [4.78, 5) is 14.5. The number of nitrogens with zero attached hydrogens (tertiary/aromatic N) is 2. The number of likely N-dealkylation sites (N-methyl/N-ethyl adjacent to an activating group) is 1. The van der Waals surface area contributed by atoms with Gasteiger partial charge in [0.15, 0.2) is 0 Å². The molecule has 0 radical (unpaired) electrons. The maximum Gasteiger partial charge on any atom is 0.243 e. The predicted molar refractivity (Wildman–Crippen MR) is 116 cm³/mol. The summed E-state index contributed by atoms with van der Waals surface area (Å²) in [5.41, 5.74) is 6.47. The van der Waals surface area contributed by atoms with Gasteiger partial charge in [-0.2, -0.15) is 4.31 Å². The molecule has 1 heterocycles. The molecule has 0 saturated carbocycles. The second-order valence-electron chi connectivity index (χ2n) is 7.27. The molecule has 0 spiro atoms. The predicted octanol–water partition coefficient (Wildman–Crippen LogP) is 1.46. The van der Waals surface area contributed by atoms with E-state index >= 15 is 0 Å². The summed E-state index contributed by atoms with van der Waals surface area (Å²) in [5, 5.41) is 2.77. The molecule has 1 aliphatic heterocycles. The van der Waals surface area contributed by atoms with Crippen LogP contribution in [-0.2, 0) is 21.4 Å². The van der Waals surface area contributed by atoms with E-state index in [1.54, 1.807) is 24.3 Å². The summed E-state index contributed by atoms with van der Waals surface area (Å²) >= 11 is 0. The minimum Gasteiger partial charge on any atom is -0.351 e. The molecule has 162 valence electrons. The van der Waals surface area contributed by atoms with E-state index in [4.69, 9.17) is 5.73 Å². The van der Waals surface area contributed by atoms with Crippen LogP contribution >= 0.6 is 24.8 Å². The highest BCUT2D eigenvalue weighted by Gasteiger charge is 2.29. The van der Waals surface area contributed by atoms with Crippen molar-refractivity contribution in [3.8, 4) is 0 Å². The Bertz CT molecular complexity index is 723. The molecule has 7 nitrogen and oxygen atoms in total. The number of piperazine rings is 1. The zero-order chi connectivity index (χ0) is 19.3. The number of nitrogens with one attached hydrogen (secondary N) is 1. The van der Waals surface area contributed by atoms with Crippen LogP contribution in [0.2, 0.25) is 0 Å². The molecule has 1 aromatic rings. The third-order valence-electron chi connectivity index (χ3n) is 4.57. The number of sulfonamides is 1. The molecule has 28 heavy (non-hydrogen) atoms. The number of carbonyl (C=O) groups excluding carboxylic acids is 1. The Kier molecular flexibility index (Phi) is 11.6. The first-order chi connectivity index (χ1) is 12.2. The van der Waals surface area contributed by atoms with Gasteiger partial charge in [0.25, 0.3) is 0 Å². The third-order valence-corrected chi connectivity index (χ3v) is 6.57. The molecule has 1 saturated heterocycles. The van der Waals surface area contributed by atoms with Crippen molar-refractivity contribution in [3.05, 3.63) is 29.8 Å². The first kappa shape index (κ1) is 27.1. The lowest BCUT2D eigenvalue weighted by atomic mass is 10.0. The van der Waals surface area contributed by atoms with Crippen LogP contribution in [0.5, 0.6) is 0 Å². The zero-order valence-corrected chi connectivity index (χ0v) is 19.1. The van der Waals surface area contributed by atoms with E-state index in [0.29, 0.717) is 44.1 Å². The van der Waals surface area contributed by atoms with Crippen LogP contribution in [0.3, 0.4) is 0 Å². The van der Waals surface area contributed by atoms with E-state index in [1.165, 1.54) is 4.31 Å². The number of benzene rings is 1. The minimum atomic E-state index is -3.58. The Balaban J connectivity index is 0.00000364. The highest BCUT2D eigenvalue weighted by molar-refractivity contribution is 7.89. The van der Waals surface area contributed by atoms with Gasteiger partial charge >= 0.3 is 0 Å². The van der Waals surface area contributed by atoms with Crippen LogP contribution in [0.1, 0.15) is 25.8 Å². The fourth-order valence-electron chi connectivity index (χ4n) is 3.00. The molecule has 0 unspecified atom stereocenters. The van der Waals surface area contributed by atoms with Gasteiger partial charge in [0.05, 0.1) is 10.9 Å². The Morgan fingerprint density at radius 3 is 2.29 bits per heavy atom. The van der Waals surface area contributed by atoms with Crippen molar-refractivity contribution in [1.29, 1.82) is 0 Å². The summed E-state index contributed by atoms with van der Waals surface area (Å²) in [6.07, 6.45) is 0.590. The normalized spacial score (nSPS) is 16.8. The minimum absolute atomic E-state index is 0. The maximum absolute atomic E-state index is 13.0.